The zero-order valence-corrected chi connectivity index (χ0v) is 12.4. The molecule has 17 heavy (non-hydrogen) atoms. The lowest BCUT2D eigenvalue weighted by Gasteiger charge is -2.20. The highest BCUT2D eigenvalue weighted by Gasteiger charge is 2.08. The van der Waals surface area contributed by atoms with E-state index in [1.165, 1.54) is 0 Å². The molecule has 0 atom stereocenters. The van der Waals surface area contributed by atoms with Crippen molar-refractivity contribution in [3.63, 3.8) is 0 Å². The first-order valence-electron chi connectivity index (χ1n) is 5.64. The number of rotatable bonds is 5. The summed E-state index contributed by atoms with van der Waals surface area (Å²) >= 11 is 3.45. The monoisotopic (exact) mass is 301 g/mol. The summed E-state index contributed by atoms with van der Waals surface area (Å²) in [4.78, 5) is 0. The van der Waals surface area contributed by atoms with E-state index in [4.69, 9.17) is 9.47 Å². The SMILES string of the molecule is COc1ccc(OCCNC(C)(C)C)c(Br)c1. The van der Waals surface area contributed by atoms with Crippen molar-refractivity contribution in [3.8, 4) is 11.5 Å². The van der Waals surface area contributed by atoms with Gasteiger partial charge in [0.05, 0.1) is 11.6 Å². The summed E-state index contributed by atoms with van der Waals surface area (Å²) in [5, 5.41) is 3.37. The predicted molar refractivity (Wildman–Crippen MR) is 73.9 cm³/mol. The van der Waals surface area contributed by atoms with Gasteiger partial charge in [-0.15, -0.1) is 0 Å². The van der Waals surface area contributed by atoms with Gasteiger partial charge in [0.15, 0.2) is 0 Å². The molecule has 1 N–H and O–H groups in total. The maximum atomic E-state index is 5.67. The molecule has 1 rings (SSSR count). The number of methoxy groups -OCH3 is 1. The molecule has 1 aromatic carbocycles. The normalized spacial score (nSPS) is 11.4. The molecule has 0 unspecified atom stereocenters. The van der Waals surface area contributed by atoms with Crippen molar-refractivity contribution >= 4 is 15.9 Å². The summed E-state index contributed by atoms with van der Waals surface area (Å²) in [5.41, 5.74) is 0.125. The topological polar surface area (TPSA) is 30.5 Å². The van der Waals surface area contributed by atoms with E-state index in [-0.39, 0.29) is 5.54 Å². The van der Waals surface area contributed by atoms with Crippen LogP contribution in [-0.4, -0.2) is 25.8 Å². The molecule has 0 saturated heterocycles. The Labute approximate surface area is 112 Å². The van der Waals surface area contributed by atoms with Crippen LogP contribution in [0.15, 0.2) is 22.7 Å². The van der Waals surface area contributed by atoms with Crippen LogP contribution in [0.2, 0.25) is 0 Å². The van der Waals surface area contributed by atoms with Gasteiger partial charge in [-0.2, -0.15) is 0 Å². The molecule has 4 heteroatoms. The summed E-state index contributed by atoms with van der Waals surface area (Å²) in [6.45, 7) is 7.87. The zero-order chi connectivity index (χ0) is 12.9. The lowest BCUT2D eigenvalue weighted by atomic mass is 10.1. The molecule has 3 nitrogen and oxygen atoms in total. The average Bonchev–Trinajstić information content (AvgIpc) is 2.24. The molecule has 0 saturated carbocycles. The second-order valence-electron chi connectivity index (χ2n) is 4.82. The lowest BCUT2D eigenvalue weighted by Crippen LogP contribution is -2.38. The van der Waals surface area contributed by atoms with Crippen LogP contribution in [0.1, 0.15) is 20.8 Å². The van der Waals surface area contributed by atoms with Crippen molar-refractivity contribution in [1.82, 2.24) is 5.32 Å². The van der Waals surface area contributed by atoms with Crippen LogP contribution >= 0.6 is 15.9 Å². The van der Waals surface area contributed by atoms with Crippen molar-refractivity contribution in [2.75, 3.05) is 20.3 Å². The fourth-order valence-corrected chi connectivity index (χ4v) is 1.78. The second-order valence-corrected chi connectivity index (χ2v) is 5.68. The van der Waals surface area contributed by atoms with E-state index in [0.717, 1.165) is 22.5 Å². The maximum absolute atomic E-state index is 5.67. The van der Waals surface area contributed by atoms with Crippen LogP contribution < -0.4 is 14.8 Å². The fourth-order valence-electron chi connectivity index (χ4n) is 1.31. The molecular weight excluding hydrogens is 282 g/mol. The van der Waals surface area contributed by atoms with Gasteiger partial charge in [0.25, 0.3) is 0 Å². The first-order valence-corrected chi connectivity index (χ1v) is 6.43. The maximum Gasteiger partial charge on any atom is 0.133 e. The highest BCUT2D eigenvalue weighted by Crippen LogP contribution is 2.28. The summed E-state index contributed by atoms with van der Waals surface area (Å²) < 4.78 is 11.7. The van der Waals surface area contributed by atoms with E-state index >= 15 is 0 Å². The standard InChI is InChI=1S/C13H20BrNO2/c1-13(2,3)15-7-8-17-12-6-5-10(16-4)9-11(12)14/h5-6,9,15H,7-8H2,1-4H3. The van der Waals surface area contributed by atoms with E-state index in [0.29, 0.717) is 6.61 Å². The number of benzene rings is 1. The zero-order valence-electron chi connectivity index (χ0n) is 10.8. The number of ether oxygens (including phenoxy) is 2. The van der Waals surface area contributed by atoms with Crippen LogP contribution in [0.5, 0.6) is 11.5 Å². The Balaban J connectivity index is 2.42. The number of nitrogens with one attached hydrogen (secondary N) is 1. The largest absolute Gasteiger partial charge is 0.497 e. The smallest absolute Gasteiger partial charge is 0.133 e. The Kier molecular flexibility index (Phi) is 5.28. The van der Waals surface area contributed by atoms with Gasteiger partial charge in [0.2, 0.25) is 0 Å². The van der Waals surface area contributed by atoms with Gasteiger partial charge in [-0.25, -0.2) is 0 Å². The van der Waals surface area contributed by atoms with Crippen LogP contribution in [0.25, 0.3) is 0 Å². The molecule has 0 radical (unpaired) electrons. The van der Waals surface area contributed by atoms with Gasteiger partial charge in [0, 0.05) is 12.1 Å². The van der Waals surface area contributed by atoms with Crippen molar-refractivity contribution in [3.05, 3.63) is 22.7 Å². The summed E-state index contributed by atoms with van der Waals surface area (Å²) in [5.74, 6) is 1.65. The van der Waals surface area contributed by atoms with E-state index < -0.39 is 0 Å². The number of halogens is 1. The minimum atomic E-state index is 0.125. The van der Waals surface area contributed by atoms with E-state index in [2.05, 4.69) is 42.0 Å². The summed E-state index contributed by atoms with van der Waals surface area (Å²) in [6, 6.07) is 5.68. The molecule has 1 aromatic rings. The minimum absolute atomic E-state index is 0.125. The molecule has 0 spiro atoms. The molecule has 0 aromatic heterocycles. The quantitative estimate of drug-likeness (QED) is 0.847. The van der Waals surface area contributed by atoms with Gasteiger partial charge in [0.1, 0.15) is 18.1 Å². The van der Waals surface area contributed by atoms with Gasteiger partial charge < -0.3 is 14.8 Å². The number of hydrogen-bond donors (Lipinski definition) is 1. The van der Waals surface area contributed by atoms with Crippen LogP contribution in [-0.2, 0) is 0 Å². The molecule has 0 aliphatic heterocycles. The molecule has 0 amide bonds. The minimum Gasteiger partial charge on any atom is -0.497 e. The van der Waals surface area contributed by atoms with Gasteiger partial charge in [-0.1, -0.05) is 0 Å². The first-order chi connectivity index (χ1) is 7.92. The third kappa shape index (κ3) is 5.41. The Morgan fingerprint density at radius 1 is 1.29 bits per heavy atom. The Morgan fingerprint density at radius 3 is 2.53 bits per heavy atom. The average molecular weight is 302 g/mol. The first kappa shape index (κ1) is 14.3. The Hall–Kier alpha value is -0.740. The lowest BCUT2D eigenvalue weighted by molar-refractivity contribution is 0.289. The molecule has 0 aliphatic carbocycles. The third-order valence-electron chi connectivity index (χ3n) is 2.15. The highest BCUT2D eigenvalue weighted by atomic mass is 79.9. The van der Waals surface area contributed by atoms with Crippen molar-refractivity contribution < 1.29 is 9.47 Å². The third-order valence-corrected chi connectivity index (χ3v) is 2.77. The van der Waals surface area contributed by atoms with Gasteiger partial charge >= 0.3 is 0 Å². The molecule has 0 aliphatic rings. The molecule has 0 heterocycles. The fraction of sp³-hybridized carbons (Fsp3) is 0.538. The van der Waals surface area contributed by atoms with Gasteiger partial charge in [-0.3, -0.25) is 0 Å². The van der Waals surface area contributed by atoms with Crippen LogP contribution in [0.3, 0.4) is 0 Å². The van der Waals surface area contributed by atoms with E-state index in [1.807, 2.05) is 18.2 Å². The summed E-state index contributed by atoms with van der Waals surface area (Å²) in [7, 11) is 1.65. The Bertz CT molecular complexity index is 361. The molecular formula is C13H20BrNO2. The Morgan fingerprint density at radius 2 is 2.00 bits per heavy atom. The van der Waals surface area contributed by atoms with E-state index in [1.54, 1.807) is 7.11 Å². The summed E-state index contributed by atoms with van der Waals surface area (Å²) in [6.07, 6.45) is 0. The molecule has 0 bridgehead atoms. The van der Waals surface area contributed by atoms with Crippen molar-refractivity contribution in [1.29, 1.82) is 0 Å². The molecule has 96 valence electrons. The van der Waals surface area contributed by atoms with E-state index in [9.17, 15) is 0 Å². The van der Waals surface area contributed by atoms with Gasteiger partial charge in [-0.05, 0) is 54.9 Å². The number of hydrogen-bond acceptors (Lipinski definition) is 3. The highest BCUT2D eigenvalue weighted by molar-refractivity contribution is 9.10. The van der Waals surface area contributed by atoms with Crippen molar-refractivity contribution in [2.45, 2.75) is 26.3 Å². The molecule has 0 fully saturated rings. The van der Waals surface area contributed by atoms with Crippen LogP contribution in [0.4, 0.5) is 0 Å². The van der Waals surface area contributed by atoms with Crippen LogP contribution in [0, 0.1) is 0 Å². The van der Waals surface area contributed by atoms with Crippen molar-refractivity contribution in [2.24, 2.45) is 0 Å². The predicted octanol–water partition coefficient (Wildman–Crippen LogP) is 3.22. The second kappa shape index (κ2) is 6.26.